The van der Waals surface area contributed by atoms with E-state index in [0.717, 1.165) is 21.7 Å². The minimum atomic E-state index is -0.219. The summed E-state index contributed by atoms with van der Waals surface area (Å²) < 4.78 is 2.33. The molecule has 3 rings (SSSR count). The maximum atomic E-state index is 13.0. The van der Waals surface area contributed by atoms with Crippen molar-refractivity contribution < 1.29 is 0 Å². The van der Waals surface area contributed by atoms with E-state index < -0.39 is 0 Å². The van der Waals surface area contributed by atoms with Crippen molar-refractivity contribution in [3.8, 4) is 17.8 Å². The van der Waals surface area contributed by atoms with E-state index in [-0.39, 0.29) is 11.1 Å². The molecule has 0 aliphatic heterocycles. The zero-order chi connectivity index (χ0) is 18.7. The van der Waals surface area contributed by atoms with Gasteiger partial charge in [0.05, 0.1) is 10.2 Å². The van der Waals surface area contributed by atoms with E-state index in [9.17, 15) is 15.3 Å². The van der Waals surface area contributed by atoms with E-state index in [1.165, 1.54) is 15.9 Å². The van der Waals surface area contributed by atoms with Gasteiger partial charge in [-0.2, -0.15) is 10.5 Å². The molecule has 0 N–H and O–H groups in total. The summed E-state index contributed by atoms with van der Waals surface area (Å²) in [5, 5.41) is 18.6. The number of aromatic nitrogens is 1. The van der Waals surface area contributed by atoms with Crippen molar-refractivity contribution in [2.75, 3.05) is 0 Å². The zero-order valence-corrected chi connectivity index (χ0v) is 15.9. The number of hydrogen-bond donors (Lipinski definition) is 0. The summed E-state index contributed by atoms with van der Waals surface area (Å²) in [4.78, 5) is 15.1. The molecule has 2 heterocycles. The van der Waals surface area contributed by atoms with E-state index in [1.54, 1.807) is 11.3 Å². The monoisotopic (exact) mass is 377 g/mol. The van der Waals surface area contributed by atoms with Gasteiger partial charge in [-0.3, -0.25) is 9.36 Å². The Balaban J connectivity index is 2.34. The van der Waals surface area contributed by atoms with Gasteiger partial charge in [0, 0.05) is 9.75 Å². The van der Waals surface area contributed by atoms with Gasteiger partial charge < -0.3 is 0 Å². The Morgan fingerprint density at radius 3 is 2.35 bits per heavy atom. The van der Waals surface area contributed by atoms with Crippen molar-refractivity contribution in [3.63, 3.8) is 0 Å². The highest BCUT2D eigenvalue weighted by molar-refractivity contribution is 7.13. The summed E-state index contributed by atoms with van der Waals surface area (Å²) in [6.45, 7) is 4.07. The Morgan fingerprint density at radius 1 is 1.12 bits per heavy atom. The molecule has 1 aromatic carbocycles. The van der Waals surface area contributed by atoms with Gasteiger partial charge in [0.2, 0.25) is 0 Å². The number of rotatable bonds is 3. The Labute approximate surface area is 158 Å². The van der Waals surface area contributed by atoms with Gasteiger partial charge in [-0.05, 0) is 49.2 Å². The van der Waals surface area contributed by atoms with Crippen LogP contribution in [0.5, 0.6) is 0 Å². The molecule has 0 bridgehead atoms. The number of nitrogens with zero attached hydrogens (tertiary/aromatic N) is 3. The smallest absolute Gasteiger partial charge is 0.267 e. The lowest BCUT2D eigenvalue weighted by molar-refractivity contribution is 0.983. The molecule has 6 heteroatoms. The molecule has 0 unspecified atom stereocenters. The van der Waals surface area contributed by atoms with E-state index in [0.29, 0.717) is 14.9 Å². The van der Waals surface area contributed by atoms with E-state index in [1.807, 2.05) is 61.5 Å². The summed E-state index contributed by atoms with van der Waals surface area (Å²) in [6, 6.07) is 15.4. The van der Waals surface area contributed by atoms with Crippen molar-refractivity contribution >= 4 is 34.3 Å². The summed E-state index contributed by atoms with van der Waals surface area (Å²) in [5.74, 6) is 0. The van der Waals surface area contributed by atoms with Crippen LogP contribution in [-0.4, -0.2) is 4.57 Å². The molecule has 0 atom stereocenters. The van der Waals surface area contributed by atoms with E-state index in [2.05, 4.69) is 6.92 Å². The molecule has 128 valence electrons. The summed E-state index contributed by atoms with van der Waals surface area (Å²) >= 11 is 2.76. The number of aryl methyl sites for hydroxylation is 2. The van der Waals surface area contributed by atoms with Crippen molar-refractivity contribution in [1.82, 2.24) is 4.57 Å². The first-order chi connectivity index (χ1) is 12.6. The van der Waals surface area contributed by atoms with Crippen LogP contribution in [-0.2, 0) is 6.42 Å². The quantitative estimate of drug-likeness (QED) is 0.705. The second kappa shape index (κ2) is 7.53. The SMILES string of the molecule is CCc1ccc(-n2c(=C(C#N)C#N)s/c(=C/c3ccc(C)s3)c2=O)cc1. The first-order valence-electron chi connectivity index (χ1n) is 8.01. The molecule has 2 aromatic heterocycles. The largest absolute Gasteiger partial charge is 0.273 e. The number of hydrogen-bond acceptors (Lipinski definition) is 5. The fourth-order valence-corrected chi connectivity index (χ4v) is 4.49. The maximum absolute atomic E-state index is 13.0. The van der Waals surface area contributed by atoms with Gasteiger partial charge in [0.15, 0.2) is 5.57 Å². The molecule has 0 aliphatic carbocycles. The first-order valence-corrected chi connectivity index (χ1v) is 9.64. The van der Waals surface area contributed by atoms with Crippen LogP contribution in [0.15, 0.2) is 41.2 Å². The topological polar surface area (TPSA) is 69.6 Å². The molecule has 26 heavy (non-hydrogen) atoms. The summed E-state index contributed by atoms with van der Waals surface area (Å²) in [6.07, 6.45) is 2.72. The number of thiophene rings is 1. The molecular formula is C20H15N3OS2. The molecule has 0 aliphatic rings. The summed E-state index contributed by atoms with van der Waals surface area (Å²) in [7, 11) is 0. The third-order valence-electron chi connectivity index (χ3n) is 3.90. The Kier molecular flexibility index (Phi) is 5.18. The normalized spacial score (nSPS) is 11.2. The predicted molar refractivity (Wildman–Crippen MR) is 106 cm³/mol. The molecule has 0 fully saturated rings. The number of nitriles is 2. The van der Waals surface area contributed by atoms with Gasteiger partial charge in [-0.25, -0.2) is 0 Å². The van der Waals surface area contributed by atoms with Gasteiger partial charge in [0.1, 0.15) is 16.8 Å². The molecule has 0 radical (unpaired) electrons. The second-order valence-corrected chi connectivity index (χ2v) is 7.97. The highest BCUT2D eigenvalue weighted by Crippen LogP contribution is 2.15. The van der Waals surface area contributed by atoms with Gasteiger partial charge in [0.25, 0.3) is 5.56 Å². The minimum Gasteiger partial charge on any atom is -0.267 e. The summed E-state index contributed by atoms with van der Waals surface area (Å²) in [5.41, 5.74) is 1.53. The van der Waals surface area contributed by atoms with Crippen LogP contribution in [0.4, 0.5) is 0 Å². The Bertz CT molecular complexity index is 1200. The second-order valence-electron chi connectivity index (χ2n) is 5.62. The van der Waals surface area contributed by atoms with Crippen molar-refractivity contribution in [3.05, 3.63) is 71.3 Å². The maximum Gasteiger partial charge on any atom is 0.273 e. The average molecular weight is 377 g/mol. The highest BCUT2D eigenvalue weighted by atomic mass is 32.1. The van der Waals surface area contributed by atoms with Crippen LogP contribution in [0.2, 0.25) is 0 Å². The van der Waals surface area contributed by atoms with Crippen LogP contribution < -0.4 is 14.8 Å². The van der Waals surface area contributed by atoms with Crippen LogP contribution in [0.25, 0.3) is 17.3 Å². The van der Waals surface area contributed by atoms with Crippen molar-refractivity contribution in [2.24, 2.45) is 0 Å². The molecule has 4 nitrogen and oxygen atoms in total. The number of thiazole rings is 1. The molecule has 0 saturated heterocycles. The third-order valence-corrected chi connectivity index (χ3v) is 5.94. The predicted octanol–water partition coefficient (Wildman–Crippen LogP) is 2.86. The van der Waals surface area contributed by atoms with Gasteiger partial charge in [-0.1, -0.05) is 19.1 Å². The minimum absolute atomic E-state index is 0.0614. The van der Waals surface area contributed by atoms with Crippen molar-refractivity contribution in [1.29, 1.82) is 10.5 Å². The van der Waals surface area contributed by atoms with E-state index in [4.69, 9.17) is 0 Å². The fraction of sp³-hybridized carbons (Fsp3) is 0.150. The average Bonchev–Trinajstić information content (AvgIpc) is 3.20. The standard InChI is InChI=1S/C20H15N3OS2/c1-3-14-5-7-16(8-6-14)23-19(24)18(10-17-9-4-13(2)25-17)26-20(23)15(11-21)12-22/h4-10H,3H2,1-2H3/b18-10+. The fourth-order valence-electron chi connectivity index (χ4n) is 2.55. The van der Waals surface area contributed by atoms with Gasteiger partial charge >= 0.3 is 0 Å². The van der Waals surface area contributed by atoms with E-state index >= 15 is 0 Å². The Hall–Kier alpha value is -2.93. The zero-order valence-electron chi connectivity index (χ0n) is 14.3. The lowest BCUT2D eigenvalue weighted by Crippen LogP contribution is -2.30. The lowest BCUT2D eigenvalue weighted by Gasteiger charge is -2.03. The number of benzene rings is 1. The molecule has 0 saturated carbocycles. The highest BCUT2D eigenvalue weighted by Gasteiger charge is 2.11. The van der Waals surface area contributed by atoms with Gasteiger partial charge in [-0.15, -0.1) is 22.7 Å². The molecule has 3 aromatic rings. The van der Waals surface area contributed by atoms with Crippen molar-refractivity contribution in [2.45, 2.75) is 20.3 Å². The van der Waals surface area contributed by atoms with Crippen LogP contribution in [0.3, 0.4) is 0 Å². The first kappa shape index (κ1) is 17.9. The van der Waals surface area contributed by atoms with Crippen LogP contribution >= 0.6 is 22.7 Å². The third kappa shape index (κ3) is 3.39. The van der Waals surface area contributed by atoms with Crippen LogP contribution in [0, 0.1) is 29.6 Å². The van der Waals surface area contributed by atoms with Crippen LogP contribution in [0.1, 0.15) is 22.2 Å². The molecular weight excluding hydrogens is 362 g/mol. The Morgan fingerprint density at radius 2 is 1.81 bits per heavy atom. The lowest BCUT2D eigenvalue weighted by atomic mass is 10.1. The molecule has 0 spiro atoms. The molecule has 0 amide bonds.